The molecule has 7 nitrogen and oxygen atoms in total. The Bertz CT molecular complexity index is 915. The van der Waals surface area contributed by atoms with Crippen LogP contribution >= 0.6 is 11.8 Å². The zero-order valence-electron chi connectivity index (χ0n) is 18.5. The topological polar surface area (TPSA) is 107 Å². The number of ether oxygens (including phenoxy) is 1. The molecule has 2 aromatic rings. The lowest BCUT2D eigenvalue weighted by atomic mass is 9.87. The quantitative estimate of drug-likeness (QED) is 0.490. The van der Waals surface area contributed by atoms with Gasteiger partial charge in [-0.05, 0) is 48.9 Å². The van der Waals surface area contributed by atoms with Crippen LogP contribution in [0.5, 0.6) is 5.75 Å². The molecule has 8 heteroatoms. The first-order chi connectivity index (χ1) is 14.0. The van der Waals surface area contributed by atoms with E-state index < -0.39 is 5.91 Å². The van der Waals surface area contributed by atoms with Crippen molar-refractivity contribution in [2.24, 2.45) is 5.73 Å². The second-order valence-corrected chi connectivity index (χ2v) is 9.07. The zero-order valence-corrected chi connectivity index (χ0v) is 19.3. The maximum atomic E-state index is 12.6. The number of anilines is 1. The Morgan fingerprint density at radius 2 is 1.80 bits per heavy atom. The lowest BCUT2D eigenvalue weighted by Crippen LogP contribution is -2.16. The summed E-state index contributed by atoms with van der Waals surface area (Å²) in [6.45, 7) is 10.1. The number of methoxy groups -OCH3 is 1. The molecule has 1 aromatic carbocycles. The van der Waals surface area contributed by atoms with Crippen LogP contribution in [0, 0.1) is 13.8 Å². The first-order valence-corrected chi connectivity index (χ1v) is 10.7. The number of amides is 2. The van der Waals surface area contributed by atoms with Crippen LogP contribution < -0.4 is 15.8 Å². The van der Waals surface area contributed by atoms with Crippen molar-refractivity contribution >= 4 is 29.3 Å². The number of nitrogens with zero attached hydrogens (tertiary/aromatic N) is 2. The number of nitrogens with one attached hydrogen (secondary N) is 1. The number of aromatic nitrogens is 2. The third-order valence-electron chi connectivity index (χ3n) is 4.69. The van der Waals surface area contributed by atoms with Crippen LogP contribution in [0.2, 0.25) is 0 Å². The number of hydrogen-bond donors (Lipinski definition) is 2. The van der Waals surface area contributed by atoms with Crippen LogP contribution in [0.3, 0.4) is 0 Å². The van der Waals surface area contributed by atoms with Gasteiger partial charge in [-0.1, -0.05) is 38.6 Å². The van der Waals surface area contributed by atoms with Crippen molar-refractivity contribution in [3.05, 3.63) is 40.7 Å². The summed E-state index contributed by atoms with van der Waals surface area (Å²) in [5.41, 5.74) is 9.45. The molecule has 0 fully saturated rings. The summed E-state index contributed by atoms with van der Waals surface area (Å²) in [4.78, 5) is 32.4. The molecule has 0 atom stereocenters. The number of rotatable bonds is 8. The van der Waals surface area contributed by atoms with Gasteiger partial charge < -0.3 is 15.8 Å². The van der Waals surface area contributed by atoms with Gasteiger partial charge >= 0.3 is 0 Å². The third kappa shape index (κ3) is 6.45. The van der Waals surface area contributed by atoms with Gasteiger partial charge in [0.1, 0.15) is 5.75 Å². The van der Waals surface area contributed by atoms with E-state index in [0.717, 1.165) is 22.5 Å². The minimum atomic E-state index is -0.411. The van der Waals surface area contributed by atoms with E-state index in [9.17, 15) is 9.59 Å². The Morgan fingerprint density at radius 1 is 1.17 bits per heavy atom. The predicted molar refractivity (Wildman–Crippen MR) is 120 cm³/mol. The Balaban J connectivity index is 2.09. The molecule has 0 aliphatic rings. The molecule has 0 saturated heterocycles. The molecule has 1 heterocycles. The molecule has 162 valence electrons. The summed E-state index contributed by atoms with van der Waals surface area (Å²) in [6.07, 6.45) is 0.813. The molecule has 0 saturated carbocycles. The summed E-state index contributed by atoms with van der Waals surface area (Å²) in [5, 5.41) is 3.48. The highest BCUT2D eigenvalue weighted by Gasteiger charge is 2.17. The number of benzene rings is 1. The van der Waals surface area contributed by atoms with Crippen molar-refractivity contribution in [3.63, 3.8) is 0 Å². The Hall–Kier alpha value is -2.61. The number of carbonyl (C=O) groups excluding carboxylic acids is 2. The number of nitrogens with two attached hydrogens (primary N) is 1. The molecule has 0 aliphatic carbocycles. The minimum Gasteiger partial charge on any atom is -0.495 e. The van der Waals surface area contributed by atoms with Crippen molar-refractivity contribution in [3.8, 4) is 5.75 Å². The average Bonchev–Trinajstić information content (AvgIpc) is 2.64. The van der Waals surface area contributed by atoms with Crippen molar-refractivity contribution < 1.29 is 14.3 Å². The molecule has 0 spiro atoms. The molecule has 0 bridgehead atoms. The number of aryl methyl sites for hydroxylation is 2. The number of primary amides is 1. The van der Waals surface area contributed by atoms with Gasteiger partial charge in [-0.15, -0.1) is 0 Å². The lowest BCUT2D eigenvalue weighted by molar-refractivity contribution is -0.116. The SMILES string of the molecule is COc1ccc(C(C)(C)C)cc1NC(=O)CCc1c(C)nc(SCC(N)=O)nc1C. The highest BCUT2D eigenvalue weighted by atomic mass is 32.2. The van der Waals surface area contributed by atoms with Gasteiger partial charge in [0.25, 0.3) is 0 Å². The summed E-state index contributed by atoms with van der Waals surface area (Å²) >= 11 is 1.21. The van der Waals surface area contributed by atoms with Gasteiger partial charge in [-0.3, -0.25) is 9.59 Å². The van der Waals surface area contributed by atoms with Gasteiger partial charge in [-0.2, -0.15) is 0 Å². The number of carbonyl (C=O) groups is 2. The fraction of sp³-hybridized carbons (Fsp3) is 0.455. The van der Waals surface area contributed by atoms with Crippen LogP contribution in [-0.2, 0) is 21.4 Å². The first kappa shape index (κ1) is 23.7. The molecule has 30 heavy (non-hydrogen) atoms. The number of thioether (sulfide) groups is 1. The van der Waals surface area contributed by atoms with Gasteiger partial charge in [0.2, 0.25) is 11.8 Å². The maximum absolute atomic E-state index is 12.6. The average molecular weight is 431 g/mol. The lowest BCUT2D eigenvalue weighted by Gasteiger charge is -2.21. The molecule has 1 aromatic heterocycles. The Labute approximate surface area is 182 Å². The molecule has 0 unspecified atom stereocenters. The van der Waals surface area contributed by atoms with Gasteiger partial charge in [0.05, 0.1) is 18.6 Å². The van der Waals surface area contributed by atoms with Crippen LogP contribution in [0.15, 0.2) is 23.4 Å². The van der Waals surface area contributed by atoms with Crippen molar-refractivity contribution in [1.29, 1.82) is 0 Å². The van der Waals surface area contributed by atoms with E-state index in [-0.39, 0.29) is 17.1 Å². The highest BCUT2D eigenvalue weighted by molar-refractivity contribution is 7.99. The number of hydrogen-bond acceptors (Lipinski definition) is 6. The van der Waals surface area contributed by atoms with Crippen LogP contribution in [-0.4, -0.2) is 34.6 Å². The van der Waals surface area contributed by atoms with E-state index in [1.807, 2.05) is 32.0 Å². The van der Waals surface area contributed by atoms with E-state index in [1.54, 1.807) is 7.11 Å². The zero-order chi connectivity index (χ0) is 22.5. The van der Waals surface area contributed by atoms with Crippen LogP contribution in [0.1, 0.15) is 49.7 Å². The molecular weight excluding hydrogens is 400 g/mol. The second-order valence-electron chi connectivity index (χ2n) is 8.12. The Kier molecular flexibility index (Phi) is 7.83. The van der Waals surface area contributed by atoms with Gasteiger partial charge in [0.15, 0.2) is 5.16 Å². The van der Waals surface area contributed by atoms with Gasteiger partial charge in [0, 0.05) is 17.8 Å². The van der Waals surface area contributed by atoms with Crippen LogP contribution in [0.4, 0.5) is 5.69 Å². The molecule has 3 N–H and O–H groups in total. The molecule has 2 rings (SSSR count). The Morgan fingerprint density at radius 3 is 2.33 bits per heavy atom. The van der Waals surface area contributed by atoms with E-state index >= 15 is 0 Å². The molecule has 2 amide bonds. The monoisotopic (exact) mass is 430 g/mol. The normalized spacial score (nSPS) is 11.3. The predicted octanol–water partition coefficient (Wildman–Crippen LogP) is 3.55. The summed E-state index contributed by atoms with van der Waals surface area (Å²) in [6, 6.07) is 5.85. The maximum Gasteiger partial charge on any atom is 0.227 e. The molecule has 0 aliphatic heterocycles. The van der Waals surface area contributed by atoms with E-state index in [0.29, 0.717) is 29.4 Å². The van der Waals surface area contributed by atoms with E-state index in [1.165, 1.54) is 11.8 Å². The summed E-state index contributed by atoms with van der Waals surface area (Å²) in [7, 11) is 1.59. The summed E-state index contributed by atoms with van der Waals surface area (Å²) < 4.78 is 5.40. The third-order valence-corrected chi connectivity index (χ3v) is 5.55. The van der Waals surface area contributed by atoms with Crippen molar-refractivity contribution in [2.75, 3.05) is 18.2 Å². The standard InChI is InChI=1S/C22H30N4O3S/c1-13-16(14(2)25-21(24-13)30-12-19(23)27)8-10-20(28)26-17-11-15(22(3,4)5)7-9-18(17)29-6/h7,9,11H,8,10,12H2,1-6H3,(H2,23,27)(H,26,28). The van der Waals surface area contributed by atoms with Gasteiger partial charge in [-0.25, -0.2) is 9.97 Å². The fourth-order valence-electron chi connectivity index (χ4n) is 2.99. The highest BCUT2D eigenvalue weighted by Crippen LogP contribution is 2.31. The van der Waals surface area contributed by atoms with Crippen molar-refractivity contribution in [1.82, 2.24) is 9.97 Å². The van der Waals surface area contributed by atoms with E-state index in [4.69, 9.17) is 10.5 Å². The van der Waals surface area contributed by atoms with E-state index in [2.05, 4.69) is 36.1 Å². The molecule has 0 radical (unpaired) electrons. The first-order valence-electron chi connectivity index (χ1n) is 9.75. The second kappa shape index (κ2) is 9.93. The minimum absolute atomic E-state index is 0.0361. The molecular formula is C22H30N4O3S. The largest absolute Gasteiger partial charge is 0.495 e. The summed E-state index contributed by atoms with van der Waals surface area (Å²) in [5.74, 6) is 0.245. The van der Waals surface area contributed by atoms with Crippen molar-refractivity contribution in [2.45, 2.75) is 58.0 Å². The smallest absolute Gasteiger partial charge is 0.227 e. The van der Waals surface area contributed by atoms with Crippen LogP contribution in [0.25, 0.3) is 0 Å². The fourth-order valence-corrected chi connectivity index (χ4v) is 3.67.